The number of aryl methyl sites for hydroxylation is 1. The highest BCUT2D eigenvalue weighted by molar-refractivity contribution is 6.03. The standard InChI is InChI=1S/C31H35N3O3/c1-25-6-5-9-28(22-25)24-34(31(36)15-12-26-7-3-2-4-8-26)29-13-10-27(11-14-29)23-30(35)32-16-17-33-18-20-37-21-19-33/h2-15,22H,16-21,23-24H2,1H3,(H,32,35). The van der Waals surface area contributed by atoms with Crippen LogP contribution < -0.4 is 10.2 Å². The van der Waals surface area contributed by atoms with Crippen LogP contribution in [0.3, 0.4) is 0 Å². The molecule has 3 aromatic rings. The van der Waals surface area contributed by atoms with Crippen LogP contribution in [0.1, 0.15) is 22.3 Å². The van der Waals surface area contributed by atoms with Gasteiger partial charge in [-0.2, -0.15) is 0 Å². The van der Waals surface area contributed by atoms with Gasteiger partial charge in [-0.3, -0.25) is 14.5 Å². The molecule has 0 aliphatic carbocycles. The van der Waals surface area contributed by atoms with Crippen molar-refractivity contribution in [1.29, 1.82) is 0 Å². The zero-order valence-electron chi connectivity index (χ0n) is 21.4. The minimum Gasteiger partial charge on any atom is -0.379 e. The van der Waals surface area contributed by atoms with Gasteiger partial charge >= 0.3 is 0 Å². The third-order valence-corrected chi connectivity index (χ3v) is 6.37. The predicted octanol–water partition coefficient (Wildman–Crippen LogP) is 4.23. The Bertz CT molecular complexity index is 1190. The maximum atomic E-state index is 13.3. The van der Waals surface area contributed by atoms with E-state index in [9.17, 15) is 9.59 Å². The van der Waals surface area contributed by atoms with Crippen LogP contribution in [-0.4, -0.2) is 56.1 Å². The van der Waals surface area contributed by atoms with Crippen LogP contribution in [0.25, 0.3) is 6.08 Å². The second-order valence-corrected chi connectivity index (χ2v) is 9.30. The van der Waals surface area contributed by atoms with E-state index in [-0.39, 0.29) is 11.8 Å². The fourth-order valence-electron chi connectivity index (χ4n) is 4.33. The maximum absolute atomic E-state index is 13.3. The summed E-state index contributed by atoms with van der Waals surface area (Å²) >= 11 is 0. The van der Waals surface area contributed by atoms with E-state index in [4.69, 9.17) is 4.74 Å². The Kier molecular flexibility index (Phi) is 9.63. The van der Waals surface area contributed by atoms with E-state index in [1.807, 2.05) is 85.8 Å². The molecule has 37 heavy (non-hydrogen) atoms. The second-order valence-electron chi connectivity index (χ2n) is 9.30. The Morgan fingerprint density at radius 2 is 1.70 bits per heavy atom. The summed E-state index contributed by atoms with van der Waals surface area (Å²) in [5, 5.41) is 3.01. The Hall–Kier alpha value is -3.74. The van der Waals surface area contributed by atoms with Gasteiger partial charge in [0.25, 0.3) is 5.91 Å². The molecule has 0 unspecified atom stereocenters. The first kappa shape index (κ1) is 26.3. The van der Waals surface area contributed by atoms with Gasteiger partial charge in [-0.25, -0.2) is 0 Å². The van der Waals surface area contributed by atoms with Gasteiger partial charge in [0.15, 0.2) is 0 Å². The highest BCUT2D eigenvalue weighted by atomic mass is 16.5. The molecule has 4 rings (SSSR count). The Morgan fingerprint density at radius 3 is 2.43 bits per heavy atom. The van der Waals surface area contributed by atoms with E-state index >= 15 is 0 Å². The molecule has 3 aromatic carbocycles. The Morgan fingerprint density at radius 1 is 0.946 bits per heavy atom. The molecule has 0 aromatic heterocycles. The van der Waals surface area contributed by atoms with Gasteiger partial charge < -0.3 is 15.0 Å². The average Bonchev–Trinajstić information content (AvgIpc) is 2.92. The monoisotopic (exact) mass is 497 g/mol. The van der Waals surface area contributed by atoms with Crippen LogP contribution in [0.4, 0.5) is 5.69 Å². The van der Waals surface area contributed by atoms with Crippen LogP contribution in [-0.2, 0) is 27.3 Å². The molecule has 1 aliphatic heterocycles. The van der Waals surface area contributed by atoms with Crippen LogP contribution >= 0.6 is 0 Å². The van der Waals surface area contributed by atoms with Gasteiger partial charge in [-0.05, 0) is 41.8 Å². The number of nitrogens with one attached hydrogen (secondary N) is 1. The molecular weight excluding hydrogens is 462 g/mol. The van der Waals surface area contributed by atoms with Crippen molar-refractivity contribution < 1.29 is 14.3 Å². The summed E-state index contributed by atoms with van der Waals surface area (Å²) in [4.78, 5) is 29.8. The fraction of sp³-hybridized carbons (Fsp3) is 0.290. The molecule has 0 atom stereocenters. The van der Waals surface area contributed by atoms with Crippen molar-refractivity contribution in [2.45, 2.75) is 19.9 Å². The molecule has 6 heteroatoms. The largest absolute Gasteiger partial charge is 0.379 e. The fourth-order valence-corrected chi connectivity index (χ4v) is 4.33. The molecule has 1 N–H and O–H groups in total. The van der Waals surface area contributed by atoms with Crippen molar-refractivity contribution in [3.05, 3.63) is 107 Å². The van der Waals surface area contributed by atoms with Crippen molar-refractivity contribution in [3.63, 3.8) is 0 Å². The van der Waals surface area contributed by atoms with E-state index in [1.165, 1.54) is 0 Å². The maximum Gasteiger partial charge on any atom is 0.251 e. The van der Waals surface area contributed by atoms with Crippen molar-refractivity contribution in [2.24, 2.45) is 0 Å². The van der Waals surface area contributed by atoms with Gasteiger partial charge in [-0.15, -0.1) is 0 Å². The number of benzene rings is 3. The summed E-state index contributed by atoms with van der Waals surface area (Å²) < 4.78 is 5.36. The van der Waals surface area contributed by atoms with Crippen molar-refractivity contribution in [2.75, 3.05) is 44.3 Å². The summed E-state index contributed by atoms with van der Waals surface area (Å²) in [6.07, 6.45) is 3.76. The minimum absolute atomic E-state index is 0.000466. The number of rotatable bonds is 10. The number of morpholine rings is 1. The SMILES string of the molecule is Cc1cccc(CN(C(=O)C=Cc2ccccc2)c2ccc(CC(=O)NCCN3CCOCC3)cc2)c1. The van der Waals surface area contributed by atoms with Crippen LogP contribution in [0.15, 0.2) is 84.9 Å². The number of ether oxygens (including phenoxy) is 1. The lowest BCUT2D eigenvalue weighted by Crippen LogP contribution is -2.41. The van der Waals surface area contributed by atoms with Crippen LogP contribution in [0.5, 0.6) is 0 Å². The van der Waals surface area contributed by atoms with Crippen molar-refractivity contribution >= 4 is 23.6 Å². The average molecular weight is 498 g/mol. The number of amides is 2. The first-order valence-corrected chi connectivity index (χ1v) is 12.8. The number of hydrogen-bond donors (Lipinski definition) is 1. The number of anilines is 1. The zero-order chi connectivity index (χ0) is 25.9. The molecule has 1 aliphatic rings. The molecule has 0 bridgehead atoms. The summed E-state index contributed by atoms with van der Waals surface area (Å²) in [6, 6.07) is 25.7. The first-order valence-electron chi connectivity index (χ1n) is 12.8. The highest BCUT2D eigenvalue weighted by Crippen LogP contribution is 2.20. The molecule has 1 saturated heterocycles. The summed E-state index contributed by atoms with van der Waals surface area (Å²) in [7, 11) is 0. The highest BCUT2D eigenvalue weighted by Gasteiger charge is 2.15. The molecule has 0 radical (unpaired) electrons. The summed E-state index contributed by atoms with van der Waals surface area (Å²) in [6.45, 7) is 7.31. The lowest BCUT2D eigenvalue weighted by atomic mass is 10.1. The number of hydrogen-bond acceptors (Lipinski definition) is 4. The summed E-state index contributed by atoms with van der Waals surface area (Å²) in [5.41, 5.74) is 4.89. The van der Waals surface area contributed by atoms with E-state index < -0.39 is 0 Å². The van der Waals surface area contributed by atoms with E-state index in [0.717, 1.165) is 60.8 Å². The predicted molar refractivity (Wildman–Crippen MR) is 148 cm³/mol. The van der Waals surface area contributed by atoms with Gasteiger partial charge in [-0.1, -0.05) is 72.3 Å². The Balaban J connectivity index is 1.40. The molecule has 6 nitrogen and oxygen atoms in total. The third-order valence-electron chi connectivity index (χ3n) is 6.37. The molecular formula is C31H35N3O3. The van der Waals surface area contributed by atoms with E-state index in [0.29, 0.717) is 19.5 Å². The van der Waals surface area contributed by atoms with Gasteiger partial charge in [0.05, 0.1) is 26.2 Å². The second kappa shape index (κ2) is 13.5. The lowest BCUT2D eigenvalue weighted by molar-refractivity contribution is -0.120. The molecule has 1 fully saturated rings. The molecule has 192 valence electrons. The minimum atomic E-state index is -0.0982. The molecule has 1 heterocycles. The number of nitrogens with zero attached hydrogens (tertiary/aromatic N) is 2. The number of carbonyl (C=O) groups is 2. The van der Waals surface area contributed by atoms with Gasteiger partial charge in [0.2, 0.25) is 5.91 Å². The Labute approximate surface area is 219 Å². The van der Waals surface area contributed by atoms with Crippen LogP contribution in [0.2, 0.25) is 0 Å². The van der Waals surface area contributed by atoms with Gasteiger partial charge in [0, 0.05) is 37.9 Å². The summed E-state index contributed by atoms with van der Waals surface area (Å²) in [5.74, 6) is -0.0986. The number of carbonyl (C=O) groups excluding carboxylic acids is 2. The third kappa shape index (κ3) is 8.41. The molecule has 2 amide bonds. The van der Waals surface area contributed by atoms with Crippen molar-refractivity contribution in [3.8, 4) is 0 Å². The van der Waals surface area contributed by atoms with Crippen molar-refractivity contribution in [1.82, 2.24) is 10.2 Å². The first-order chi connectivity index (χ1) is 18.1. The van der Waals surface area contributed by atoms with Crippen LogP contribution in [0, 0.1) is 6.92 Å². The zero-order valence-corrected chi connectivity index (χ0v) is 21.4. The normalized spacial score (nSPS) is 14.0. The van der Waals surface area contributed by atoms with E-state index in [2.05, 4.69) is 16.3 Å². The quantitative estimate of drug-likeness (QED) is 0.426. The molecule has 0 spiro atoms. The topological polar surface area (TPSA) is 61.9 Å². The molecule has 0 saturated carbocycles. The smallest absolute Gasteiger partial charge is 0.251 e. The lowest BCUT2D eigenvalue weighted by Gasteiger charge is -2.26. The van der Waals surface area contributed by atoms with E-state index in [1.54, 1.807) is 11.0 Å². The van der Waals surface area contributed by atoms with Gasteiger partial charge in [0.1, 0.15) is 0 Å².